The number of aryl methyl sites for hydroxylation is 1. The first-order valence-corrected chi connectivity index (χ1v) is 4.86. The van der Waals surface area contributed by atoms with Gasteiger partial charge in [0, 0.05) is 0 Å². The Balaban J connectivity index is 3.51. The van der Waals surface area contributed by atoms with Crippen LogP contribution in [-0.4, -0.2) is 39.2 Å². The molecule has 1 aromatic rings. The maximum absolute atomic E-state index is 11.6. The molecule has 1 rings (SSSR count). The highest BCUT2D eigenvalue weighted by Crippen LogP contribution is 2.24. The van der Waals surface area contributed by atoms with Crippen LogP contribution in [0.15, 0.2) is 4.42 Å². The van der Waals surface area contributed by atoms with E-state index in [0.717, 1.165) is 21.3 Å². The van der Waals surface area contributed by atoms with Gasteiger partial charge in [-0.05, 0) is 6.92 Å². The highest BCUT2D eigenvalue weighted by Gasteiger charge is 2.33. The van der Waals surface area contributed by atoms with E-state index >= 15 is 0 Å². The predicted molar refractivity (Wildman–Crippen MR) is 57.5 cm³/mol. The summed E-state index contributed by atoms with van der Waals surface area (Å²) >= 11 is 0. The maximum Gasteiger partial charge on any atom is 0.374 e. The second-order valence-electron chi connectivity index (χ2n) is 3.21. The summed E-state index contributed by atoms with van der Waals surface area (Å²) in [5.74, 6) is -2.88. The van der Waals surface area contributed by atoms with E-state index < -0.39 is 17.9 Å². The van der Waals surface area contributed by atoms with Gasteiger partial charge in [0.05, 0.1) is 21.3 Å². The van der Waals surface area contributed by atoms with Gasteiger partial charge in [-0.25, -0.2) is 14.4 Å². The molecular weight excluding hydrogens is 244 g/mol. The van der Waals surface area contributed by atoms with Crippen LogP contribution in [0.1, 0.15) is 37.0 Å². The molecule has 0 aliphatic rings. The van der Waals surface area contributed by atoms with Crippen LogP contribution >= 0.6 is 0 Å². The van der Waals surface area contributed by atoms with Crippen molar-refractivity contribution in [2.75, 3.05) is 21.3 Å². The number of carbonyl (C=O) groups excluding carboxylic acids is 3. The van der Waals surface area contributed by atoms with E-state index in [0.29, 0.717) is 0 Å². The van der Waals surface area contributed by atoms with Crippen molar-refractivity contribution in [2.45, 2.75) is 6.92 Å². The smallest absolute Gasteiger partial charge is 0.374 e. The molecular formula is C11H12O7. The molecule has 7 heteroatoms. The fourth-order valence-electron chi connectivity index (χ4n) is 1.43. The van der Waals surface area contributed by atoms with Crippen molar-refractivity contribution in [3.63, 3.8) is 0 Å². The van der Waals surface area contributed by atoms with E-state index in [-0.39, 0.29) is 22.6 Å². The standard InChI is InChI=1S/C11H12O7/c1-5-6(9(12)15-2)7(10(13)16-3)8(18-5)11(14)17-4/h1-4H3. The second kappa shape index (κ2) is 5.35. The molecule has 0 radical (unpaired) electrons. The lowest BCUT2D eigenvalue weighted by Gasteiger charge is -2.02. The van der Waals surface area contributed by atoms with Crippen molar-refractivity contribution >= 4 is 17.9 Å². The number of hydrogen-bond acceptors (Lipinski definition) is 7. The first-order chi connectivity index (χ1) is 8.47. The number of carbonyl (C=O) groups is 3. The molecule has 0 saturated carbocycles. The molecule has 18 heavy (non-hydrogen) atoms. The molecule has 1 aromatic heterocycles. The Morgan fingerprint density at radius 3 is 1.72 bits per heavy atom. The molecule has 0 saturated heterocycles. The highest BCUT2D eigenvalue weighted by atomic mass is 16.5. The molecule has 0 atom stereocenters. The minimum Gasteiger partial charge on any atom is -0.465 e. The quantitative estimate of drug-likeness (QED) is 0.587. The average Bonchev–Trinajstić information content (AvgIpc) is 2.73. The molecule has 0 amide bonds. The molecule has 0 aliphatic carbocycles. The third kappa shape index (κ3) is 2.20. The SMILES string of the molecule is COC(=O)c1oc(C)c(C(=O)OC)c1C(=O)OC. The predicted octanol–water partition coefficient (Wildman–Crippen LogP) is 0.948. The lowest BCUT2D eigenvalue weighted by molar-refractivity contribution is 0.0523. The van der Waals surface area contributed by atoms with Gasteiger partial charge in [-0.3, -0.25) is 0 Å². The zero-order valence-corrected chi connectivity index (χ0v) is 10.4. The molecule has 0 fully saturated rings. The second-order valence-corrected chi connectivity index (χ2v) is 3.21. The van der Waals surface area contributed by atoms with E-state index in [1.54, 1.807) is 0 Å². The maximum atomic E-state index is 11.6. The van der Waals surface area contributed by atoms with Crippen LogP contribution in [-0.2, 0) is 14.2 Å². The third-order valence-electron chi connectivity index (χ3n) is 2.23. The van der Waals surface area contributed by atoms with Gasteiger partial charge in [0.2, 0.25) is 5.76 Å². The number of hydrogen-bond donors (Lipinski definition) is 0. The fourth-order valence-corrected chi connectivity index (χ4v) is 1.43. The van der Waals surface area contributed by atoms with Crippen LogP contribution < -0.4 is 0 Å². The van der Waals surface area contributed by atoms with Crippen molar-refractivity contribution in [3.8, 4) is 0 Å². The van der Waals surface area contributed by atoms with Crippen LogP contribution in [0.25, 0.3) is 0 Å². The largest absolute Gasteiger partial charge is 0.465 e. The lowest BCUT2D eigenvalue weighted by Crippen LogP contribution is -2.14. The molecule has 0 bridgehead atoms. The van der Waals surface area contributed by atoms with Crippen molar-refractivity contribution in [3.05, 3.63) is 22.6 Å². The Kier molecular flexibility index (Phi) is 4.09. The van der Waals surface area contributed by atoms with E-state index in [9.17, 15) is 14.4 Å². The molecule has 0 aliphatic heterocycles. The first-order valence-electron chi connectivity index (χ1n) is 4.86. The van der Waals surface area contributed by atoms with Gasteiger partial charge < -0.3 is 18.6 Å². The Morgan fingerprint density at radius 2 is 1.28 bits per heavy atom. The molecule has 0 N–H and O–H groups in total. The fraction of sp³-hybridized carbons (Fsp3) is 0.364. The summed E-state index contributed by atoms with van der Waals surface area (Å²) in [6.07, 6.45) is 0. The molecule has 98 valence electrons. The Hall–Kier alpha value is -2.31. The van der Waals surface area contributed by atoms with Gasteiger partial charge in [0.25, 0.3) is 0 Å². The topological polar surface area (TPSA) is 92.0 Å². The van der Waals surface area contributed by atoms with Gasteiger partial charge in [-0.2, -0.15) is 0 Å². The molecule has 0 spiro atoms. The summed E-state index contributed by atoms with van der Waals surface area (Å²) in [5.41, 5.74) is -0.446. The van der Waals surface area contributed by atoms with Crippen LogP contribution in [0.2, 0.25) is 0 Å². The van der Waals surface area contributed by atoms with Crippen LogP contribution in [0.3, 0.4) is 0 Å². The summed E-state index contributed by atoms with van der Waals surface area (Å²) < 4.78 is 18.6. The van der Waals surface area contributed by atoms with Crippen LogP contribution in [0, 0.1) is 6.92 Å². The zero-order chi connectivity index (χ0) is 13.9. The van der Waals surface area contributed by atoms with Crippen molar-refractivity contribution in [1.29, 1.82) is 0 Å². The van der Waals surface area contributed by atoms with Gasteiger partial charge in [0.15, 0.2) is 0 Å². The molecule has 0 aromatic carbocycles. The van der Waals surface area contributed by atoms with Crippen LogP contribution in [0.5, 0.6) is 0 Å². The summed E-state index contributed by atoms with van der Waals surface area (Å²) in [5, 5.41) is 0. The Labute approximate surface area is 103 Å². The van der Waals surface area contributed by atoms with E-state index in [1.807, 2.05) is 0 Å². The van der Waals surface area contributed by atoms with E-state index in [4.69, 9.17) is 4.42 Å². The number of ether oxygens (including phenoxy) is 3. The zero-order valence-electron chi connectivity index (χ0n) is 10.4. The first kappa shape index (κ1) is 13.8. The lowest BCUT2D eigenvalue weighted by atomic mass is 10.1. The summed E-state index contributed by atoms with van der Waals surface area (Å²) in [6.45, 7) is 1.42. The monoisotopic (exact) mass is 256 g/mol. The Morgan fingerprint density at radius 1 is 0.833 bits per heavy atom. The van der Waals surface area contributed by atoms with Gasteiger partial charge in [0.1, 0.15) is 16.9 Å². The minimum atomic E-state index is -0.882. The highest BCUT2D eigenvalue weighted by molar-refractivity contribution is 6.10. The summed E-state index contributed by atoms with van der Waals surface area (Å²) in [7, 11) is 3.39. The van der Waals surface area contributed by atoms with Gasteiger partial charge in [-0.15, -0.1) is 0 Å². The normalized spacial score (nSPS) is 9.78. The number of rotatable bonds is 3. The number of furan rings is 1. The van der Waals surface area contributed by atoms with E-state index in [2.05, 4.69) is 14.2 Å². The summed E-state index contributed by atoms with van der Waals surface area (Å²) in [4.78, 5) is 34.6. The van der Waals surface area contributed by atoms with E-state index in [1.165, 1.54) is 6.92 Å². The van der Waals surface area contributed by atoms with Crippen molar-refractivity contribution in [1.82, 2.24) is 0 Å². The average molecular weight is 256 g/mol. The minimum absolute atomic E-state index is 0.0719. The molecule has 1 heterocycles. The Bertz CT molecular complexity index is 498. The van der Waals surface area contributed by atoms with Gasteiger partial charge >= 0.3 is 17.9 Å². The molecule has 7 nitrogen and oxygen atoms in total. The van der Waals surface area contributed by atoms with Crippen LogP contribution in [0.4, 0.5) is 0 Å². The summed E-state index contributed by atoms with van der Waals surface area (Å²) in [6, 6.07) is 0. The molecule has 0 unspecified atom stereocenters. The van der Waals surface area contributed by atoms with Gasteiger partial charge in [-0.1, -0.05) is 0 Å². The number of methoxy groups -OCH3 is 3. The van der Waals surface area contributed by atoms with Crippen molar-refractivity contribution < 1.29 is 33.0 Å². The number of esters is 3. The third-order valence-corrected chi connectivity index (χ3v) is 2.23. The van der Waals surface area contributed by atoms with Crippen molar-refractivity contribution in [2.24, 2.45) is 0 Å².